The number of rotatable bonds is 4. The molecule has 0 N–H and O–H groups in total. The Kier molecular flexibility index (Phi) is 4.98. The quantitative estimate of drug-likeness (QED) is 0.711. The molecule has 2 heteroatoms. The largest absolute Gasteiger partial charge is 0.374 e. The molecule has 2 rings (SSSR count). The molecule has 0 aromatic rings. The van der Waals surface area contributed by atoms with Crippen molar-refractivity contribution < 1.29 is 9.53 Å². The van der Waals surface area contributed by atoms with Crippen LogP contribution in [-0.4, -0.2) is 18.5 Å². The maximum absolute atomic E-state index is 11.9. The summed E-state index contributed by atoms with van der Waals surface area (Å²) in [6, 6.07) is 0. The molecule has 0 aromatic carbocycles. The van der Waals surface area contributed by atoms with E-state index in [1.165, 1.54) is 24.0 Å². The van der Waals surface area contributed by atoms with Crippen LogP contribution < -0.4 is 0 Å². The molecule has 0 radical (unpaired) electrons. The SMILES string of the molecule is CC1=C(/C=C/C(=O)/C=C/C2CCCO2)C(C)(C)CCC1. The van der Waals surface area contributed by atoms with Crippen LogP contribution >= 0.6 is 0 Å². The Morgan fingerprint density at radius 2 is 2.10 bits per heavy atom. The van der Waals surface area contributed by atoms with Gasteiger partial charge in [0, 0.05) is 6.61 Å². The maximum Gasteiger partial charge on any atom is 0.178 e. The fraction of sp³-hybridized carbons (Fsp3) is 0.611. The number of ether oxygens (including phenoxy) is 1. The predicted octanol–water partition coefficient (Wildman–Crippen LogP) is 4.37. The van der Waals surface area contributed by atoms with Crippen molar-refractivity contribution in [3.05, 3.63) is 35.5 Å². The summed E-state index contributed by atoms with van der Waals surface area (Å²) in [6.45, 7) is 7.54. The number of ketones is 1. The molecule has 110 valence electrons. The molecule has 20 heavy (non-hydrogen) atoms. The van der Waals surface area contributed by atoms with Gasteiger partial charge in [0.05, 0.1) is 6.10 Å². The van der Waals surface area contributed by atoms with Crippen LogP contribution in [0.4, 0.5) is 0 Å². The lowest BCUT2D eigenvalue weighted by Gasteiger charge is -2.32. The third-order valence-electron chi connectivity index (χ3n) is 4.40. The lowest BCUT2D eigenvalue weighted by molar-refractivity contribution is -0.110. The summed E-state index contributed by atoms with van der Waals surface area (Å²) in [4.78, 5) is 11.9. The van der Waals surface area contributed by atoms with E-state index in [4.69, 9.17) is 4.74 Å². The summed E-state index contributed by atoms with van der Waals surface area (Å²) in [5.41, 5.74) is 2.95. The van der Waals surface area contributed by atoms with E-state index >= 15 is 0 Å². The Morgan fingerprint density at radius 1 is 1.30 bits per heavy atom. The van der Waals surface area contributed by atoms with Crippen molar-refractivity contribution in [2.24, 2.45) is 5.41 Å². The summed E-state index contributed by atoms with van der Waals surface area (Å²) in [5, 5.41) is 0. The molecule has 1 atom stereocenters. The van der Waals surface area contributed by atoms with Crippen LogP contribution in [0.25, 0.3) is 0 Å². The van der Waals surface area contributed by atoms with E-state index in [0.717, 1.165) is 25.9 Å². The minimum absolute atomic E-state index is 0.0576. The van der Waals surface area contributed by atoms with E-state index < -0.39 is 0 Å². The molecule has 0 amide bonds. The van der Waals surface area contributed by atoms with Gasteiger partial charge < -0.3 is 4.74 Å². The monoisotopic (exact) mass is 274 g/mol. The Hall–Kier alpha value is -1.15. The van der Waals surface area contributed by atoms with Gasteiger partial charge in [0.1, 0.15) is 0 Å². The van der Waals surface area contributed by atoms with E-state index in [1.54, 1.807) is 12.2 Å². The Bertz CT molecular complexity index is 446. The Labute approximate surface area is 122 Å². The first-order valence-electron chi connectivity index (χ1n) is 7.71. The topological polar surface area (TPSA) is 26.3 Å². The van der Waals surface area contributed by atoms with E-state index in [2.05, 4.69) is 20.8 Å². The van der Waals surface area contributed by atoms with Crippen molar-refractivity contribution in [2.75, 3.05) is 6.61 Å². The van der Waals surface area contributed by atoms with E-state index in [9.17, 15) is 4.79 Å². The van der Waals surface area contributed by atoms with Crippen molar-refractivity contribution in [1.29, 1.82) is 0 Å². The second-order valence-corrected chi connectivity index (χ2v) is 6.58. The van der Waals surface area contributed by atoms with Crippen molar-refractivity contribution >= 4 is 5.78 Å². The van der Waals surface area contributed by atoms with Gasteiger partial charge in [-0.05, 0) is 62.2 Å². The molecule has 1 heterocycles. The molecule has 1 fully saturated rings. The molecular formula is C18H26O2. The second kappa shape index (κ2) is 6.53. The second-order valence-electron chi connectivity index (χ2n) is 6.58. The summed E-state index contributed by atoms with van der Waals surface area (Å²) in [7, 11) is 0. The molecular weight excluding hydrogens is 248 g/mol. The fourth-order valence-electron chi connectivity index (χ4n) is 3.19. The molecule has 2 aliphatic rings. The van der Waals surface area contributed by atoms with Crippen LogP contribution in [0.15, 0.2) is 35.5 Å². The Morgan fingerprint density at radius 3 is 2.75 bits per heavy atom. The molecule has 2 nitrogen and oxygen atoms in total. The molecule has 1 aliphatic heterocycles. The van der Waals surface area contributed by atoms with Gasteiger partial charge in [-0.1, -0.05) is 31.6 Å². The molecule has 0 spiro atoms. The van der Waals surface area contributed by atoms with Crippen molar-refractivity contribution in [3.63, 3.8) is 0 Å². The highest BCUT2D eigenvalue weighted by molar-refractivity contribution is 5.99. The summed E-state index contributed by atoms with van der Waals surface area (Å²) >= 11 is 0. The van der Waals surface area contributed by atoms with Crippen LogP contribution in [0.5, 0.6) is 0 Å². The van der Waals surface area contributed by atoms with Gasteiger partial charge in [-0.15, -0.1) is 0 Å². The average molecular weight is 274 g/mol. The van der Waals surface area contributed by atoms with Gasteiger partial charge in [-0.2, -0.15) is 0 Å². The summed E-state index contributed by atoms with van der Waals surface area (Å²) in [6.07, 6.45) is 13.2. The standard InChI is InChI=1S/C18H26O2/c1-14-6-4-12-18(2,3)17(14)11-9-15(19)8-10-16-7-5-13-20-16/h8-11,16H,4-7,12-13H2,1-3H3/b10-8+,11-9+. The first-order valence-corrected chi connectivity index (χ1v) is 7.71. The fourth-order valence-corrected chi connectivity index (χ4v) is 3.19. The molecule has 0 saturated carbocycles. The molecule has 0 aromatic heterocycles. The van der Waals surface area contributed by atoms with Crippen LogP contribution in [0.2, 0.25) is 0 Å². The van der Waals surface area contributed by atoms with Gasteiger partial charge in [0.2, 0.25) is 0 Å². The normalized spacial score (nSPS) is 26.9. The third-order valence-corrected chi connectivity index (χ3v) is 4.40. The summed E-state index contributed by atoms with van der Waals surface area (Å²) in [5.74, 6) is 0.0576. The Balaban J connectivity index is 1.99. The van der Waals surface area contributed by atoms with Gasteiger partial charge in [0.15, 0.2) is 5.78 Å². The third kappa shape index (κ3) is 3.92. The zero-order chi connectivity index (χ0) is 14.6. The van der Waals surface area contributed by atoms with E-state index in [1.807, 2.05) is 12.2 Å². The number of hydrogen-bond donors (Lipinski definition) is 0. The average Bonchev–Trinajstić information content (AvgIpc) is 2.88. The van der Waals surface area contributed by atoms with Gasteiger partial charge in [-0.25, -0.2) is 0 Å². The van der Waals surface area contributed by atoms with Crippen LogP contribution in [0.1, 0.15) is 52.9 Å². The highest BCUT2D eigenvalue weighted by Gasteiger charge is 2.26. The summed E-state index contributed by atoms with van der Waals surface area (Å²) < 4.78 is 5.48. The van der Waals surface area contributed by atoms with Crippen LogP contribution in [-0.2, 0) is 9.53 Å². The molecule has 1 saturated heterocycles. The van der Waals surface area contributed by atoms with Crippen molar-refractivity contribution in [3.8, 4) is 0 Å². The maximum atomic E-state index is 11.9. The first-order chi connectivity index (χ1) is 9.49. The van der Waals surface area contributed by atoms with Crippen LogP contribution in [0.3, 0.4) is 0 Å². The van der Waals surface area contributed by atoms with Crippen molar-refractivity contribution in [2.45, 2.75) is 59.0 Å². The lowest BCUT2D eigenvalue weighted by Crippen LogP contribution is -2.19. The number of allylic oxidation sites excluding steroid dienone is 5. The van der Waals surface area contributed by atoms with Gasteiger partial charge in [0.25, 0.3) is 0 Å². The highest BCUT2D eigenvalue weighted by atomic mass is 16.5. The number of hydrogen-bond acceptors (Lipinski definition) is 2. The number of carbonyl (C=O) groups excluding carboxylic acids is 1. The van der Waals surface area contributed by atoms with E-state index in [0.29, 0.717) is 0 Å². The van der Waals surface area contributed by atoms with Crippen LogP contribution in [0, 0.1) is 5.41 Å². The van der Waals surface area contributed by atoms with Gasteiger partial charge in [-0.3, -0.25) is 4.79 Å². The van der Waals surface area contributed by atoms with Crippen molar-refractivity contribution in [1.82, 2.24) is 0 Å². The number of carbonyl (C=O) groups is 1. The molecule has 1 aliphatic carbocycles. The lowest BCUT2D eigenvalue weighted by atomic mass is 9.72. The minimum atomic E-state index is 0.0576. The highest BCUT2D eigenvalue weighted by Crippen LogP contribution is 2.40. The van der Waals surface area contributed by atoms with E-state index in [-0.39, 0.29) is 17.3 Å². The zero-order valence-electron chi connectivity index (χ0n) is 12.9. The van der Waals surface area contributed by atoms with Gasteiger partial charge >= 0.3 is 0 Å². The predicted molar refractivity (Wildman–Crippen MR) is 82.6 cm³/mol. The molecule has 1 unspecified atom stereocenters. The minimum Gasteiger partial charge on any atom is -0.374 e. The molecule has 0 bridgehead atoms. The zero-order valence-corrected chi connectivity index (χ0v) is 12.9. The smallest absolute Gasteiger partial charge is 0.178 e. The first kappa shape index (κ1) is 15.2.